The van der Waals surface area contributed by atoms with Crippen molar-refractivity contribution >= 4 is 24.5 Å². The highest BCUT2D eigenvalue weighted by atomic mass is 28.4. The van der Waals surface area contributed by atoms with Gasteiger partial charge in [-0.15, -0.1) is 0 Å². The van der Waals surface area contributed by atoms with Crippen LogP contribution < -0.4 is 27.3 Å². The summed E-state index contributed by atoms with van der Waals surface area (Å²) >= 11 is 0. The Morgan fingerprint density at radius 3 is 2.22 bits per heavy atom. The van der Waals surface area contributed by atoms with Gasteiger partial charge in [-0.1, -0.05) is 81.4 Å². The van der Waals surface area contributed by atoms with Gasteiger partial charge < -0.3 is 14.9 Å². The Kier molecular flexibility index (Phi) is 7.77. The van der Waals surface area contributed by atoms with Gasteiger partial charge in [0, 0.05) is 25.2 Å². The summed E-state index contributed by atoms with van der Waals surface area (Å²) in [6.07, 6.45) is 0.926. The highest BCUT2D eigenvalue weighted by Crippen LogP contribution is 2.41. The second-order valence-electron chi connectivity index (χ2n) is 10.2. The third-order valence-electron chi connectivity index (χ3n) is 6.80. The van der Waals surface area contributed by atoms with Crippen molar-refractivity contribution in [2.24, 2.45) is 0 Å². The molecule has 3 atom stereocenters. The van der Waals surface area contributed by atoms with Gasteiger partial charge in [-0.2, -0.15) is 4.98 Å². The quantitative estimate of drug-likeness (QED) is 0.356. The van der Waals surface area contributed by atoms with Crippen LogP contribution in [0.1, 0.15) is 39.0 Å². The molecule has 0 spiro atoms. The van der Waals surface area contributed by atoms with Gasteiger partial charge in [-0.05, 0) is 22.3 Å². The van der Waals surface area contributed by atoms with Crippen LogP contribution in [-0.2, 0) is 14.0 Å². The normalized spacial score (nSPS) is 20.5. The number of nitrogen functional groups attached to an aromatic ring is 1. The Morgan fingerprint density at radius 2 is 1.69 bits per heavy atom. The topological polar surface area (TPSA) is 101 Å². The zero-order valence-electron chi connectivity index (χ0n) is 21.6. The monoisotopic (exact) mass is 508 g/mol. The minimum absolute atomic E-state index is 0.196. The third kappa shape index (κ3) is 5.02. The number of nitrogens with one attached hydrogen (secondary N) is 1. The molecule has 0 radical (unpaired) electrons. The van der Waals surface area contributed by atoms with Crippen molar-refractivity contribution in [2.45, 2.75) is 57.6 Å². The zero-order chi connectivity index (χ0) is 25.9. The average Bonchev–Trinajstić information content (AvgIpc) is 3.25. The SMILES string of the molecule is CNOC[C@H]1O[C@@H](n2cc(C)c(N)nc2=O)C[C@@H]1O[Si](c1ccccc1)(c1ccccc1)C(C)(C)C. The molecule has 2 aromatic carbocycles. The number of hydrogen-bond acceptors (Lipinski definition) is 7. The summed E-state index contributed by atoms with van der Waals surface area (Å²) in [6, 6.07) is 20.9. The van der Waals surface area contributed by atoms with Crippen LogP contribution in [0.2, 0.25) is 5.04 Å². The Morgan fingerprint density at radius 1 is 1.11 bits per heavy atom. The first-order valence-corrected chi connectivity index (χ1v) is 14.2. The van der Waals surface area contributed by atoms with Crippen molar-refractivity contribution < 1.29 is 14.0 Å². The van der Waals surface area contributed by atoms with Crippen molar-refractivity contribution in [1.82, 2.24) is 15.0 Å². The van der Waals surface area contributed by atoms with Crippen LogP contribution in [0.3, 0.4) is 0 Å². The van der Waals surface area contributed by atoms with Gasteiger partial charge in [-0.25, -0.2) is 10.3 Å². The smallest absolute Gasteiger partial charge is 0.351 e. The van der Waals surface area contributed by atoms with Crippen LogP contribution in [0.5, 0.6) is 0 Å². The maximum absolute atomic E-state index is 12.7. The molecule has 2 heterocycles. The second-order valence-corrected chi connectivity index (χ2v) is 14.5. The first-order valence-electron chi connectivity index (χ1n) is 12.3. The van der Waals surface area contributed by atoms with E-state index < -0.39 is 26.3 Å². The van der Waals surface area contributed by atoms with E-state index in [-0.39, 0.29) is 23.6 Å². The molecular formula is C27H36N4O4Si. The van der Waals surface area contributed by atoms with Crippen LogP contribution in [0.25, 0.3) is 0 Å². The maximum Gasteiger partial charge on any atom is 0.351 e. The number of aromatic nitrogens is 2. The lowest BCUT2D eigenvalue weighted by atomic mass is 10.2. The molecule has 1 aromatic heterocycles. The molecule has 0 aliphatic carbocycles. The van der Waals surface area contributed by atoms with Crippen molar-refractivity contribution in [3.05, 3.63) is 82.9 Å². The van der Waals surface area contributed by atoms with Gasteiger partial charge in [-0.3, -0.25) is 9.40 Å². The lowest BCUT2D eigenvalue weighted by molar-refractivity contribution is -0.0794. The van der Waals surface area contributed by atoms with E-state index >= 15 is 0 Å². The first kappa shape index (κ1) is 26.2. The summed E-state index contributed by atoms with van der Waals surface area (Å²) in [5.41, 5.74) is 8.87. The Bertz CT molecular complexity index is 1170. The number of hydrogen-bond donors (Lipinski definition) is 2. The fourth-order valence-corrected chi connectivity index (χ4v) is 9.73. The molecule has 36 heavy (non-hydrogen) atoms. The fraction of sp³-hybridized carbons (Fsp3) is 0.407. The van der Waals surface area contributed by atoms with Gasteiger partial charge >= 0.3 is 5.69 Å². The van der Waals surface area contributed by atoms with E-state index in [1.165, 1.54) is 14.9 Å². The standard InChI is InChI=1S/C27H36N4O4Si/c1-19-17-31(26(32)30-25(19)28)24-16-22(23(34-24)18-33-29-5)35-36(27(2,3)4,20-12-8-6-9-13-20)21-14-10-7-11-15-21/h6-15,17,22-24,29H,16,18H2,1-5H3,(H2,28,30,32)/t22-,23+,24+/m0/s1. The Hall–Kier alpha value is -2.82. The minimum Gasteiger partial charge on any atom is -0.402 e. The largest absolute Gasteiger partial charge is 0.402 e. The molecule has 9 heteroatoms. The van der Waals surface area contributed by atoms with Gasteiger partial charge in [0.1, 0.15) is 18.1 Å². The van der Waals surface area contributed by atoms with E-state index in [1.807, 2.05) is 19.1 Å². The molecule has 1 saturated heterocycles. The Labute approximate surface area is 213 Å². The highest BCUT2D eigenvalue weighted by Gasteiger charge is 2.54. The third-order valence-corrected chi connectivity index (χ3v) is 11.9. The van der Waals surface area contributed by atoms with E-state index in [0.29, 0.717) is 6.42 Å². The summed E-state index contributed by atoms with van der Waals surface area (Å²) in [4.78, 5) is 22.2. The number of aryl methyl sites for hydroxylation is 1. The van der Waals surface area contributed by atoms with Crippen molar-refractivity contribution in [3.63, 3.8) is 0 Å². The number of ether oxygens (including phenoxy) is 1. The molecule has 0 amide bonds. The molecule has 1 aliphatic heterocycles. The molecule has 0 unspecified atom stereocenters. The summed E-state index contributed by atoms with van der Waals surface area (Å²) in [5, 5.41) is 2.17. The molecule has 192 valence electrons. The second kappa shape index (κ2) is 10.7. The van der Waals surface area contributed by atoms with E-state index in [0.717, 1.165) is 5.56 Å². The lowest BCUT2D eigenvalue weighted by Gasteiger charge is -2.45. The van der Waals surface area contributed by atoms with Crippen LogP contribution in [-0.4, -0.2) is 43.7 Å². The molecule has 0 bridgehead atoms. The lowest BCUT2D eigenvalue weighted by Crippen LogP contribution is -2.68. The molecule has 8 nitrogen and oxygen atoms in total. The summed E-state index contributed by atoms with van der Waals surface area (Å²) in [6.45, 7) is 8.81. The maximum atomic E-state index is 12.7. The Balaban J connectivity index is 1.80. The van der Waals surface area contributed by atoms with Crippen LogP contribution in [0.15, 0.2) is 71.7 Å². The average molecular weight is 509 g/mol. The number of anilines is 1. The van der Waals surface area contributed by atoms with Gasteiger partial charge in [0.15, 0.2) is 0 Å². The van der Waals surface area contributed by atoms with Crippen LogP contribution in [0.4, 0.5) is 5.82 Å². The van der Waals surface area contributed by atoms with Crippen molar-refractivity contribution in [3.8, 4) is 0 Å². The molecule has 3 N–H and O–H groups in total. The van der Waals surface area contributed by atoms with Gasteiger partial charge in [0.25, 0.3) is 8.32 Å². The molecule has 4 rings (SSSR count). The fourth-order valence-electron chi connectivity index (χ4n) is 5.01. The van der Waals surface area contributed by atoms with E-state index in [2.05, 4.69) is 79.8 Å². The minimum atomic E-state index is -2.84. The first-order chi connectivity index (χ1) is 17.2. The predicted molar refractivity (Wildman–Crippen MR) is 144 cm³/mol. The summed E-state index contributed by atoms with van der Waals surface area (Å²) < 4.78 is 15.2. The number of nitrogens with zero attached hydrogens (tertiary/aromatic N) is 2. The van der Waals surface area contributed by atoms with Crippen molar-refractivity contribution in [2.75, 3.05) is 19.4 Å². The molecule has 1 fully saturated rings. The highest BCUT2D eigenvalue weighted by molar-refractivity contribution is 6.99. The number of hydroxylamine groups is 1. The summed E-state index contributed by atoms with van der Waals surface area (Å²) in [7, 11) is -1.13. The van der Waals surface area contributed by atoms with Crippen LogP contribution in [0, 0.1) is 6.92 Å². The van der Waals surface area contributed by atoms with Gasteiger partial charge in [0.2, 0.25) is 0 Å². The van der Waals surface area contributed by atoms with Crippen molar-refractivity contribution in [1.29, 1.82) is 0 Å². The molecule has 0 saturated carbocycles. The van der Waals surface area contributed by atoms with Crippen LogP contribution >= 0.6 is 0 Å². The number of benzene rings is 2. The zero-order valence-corrected chi connectivity index (χ0v) is 22.6. The molecule has 3 aromatic rings. The molecular weight excluding hydrogens is 472 g/mol. The van der Waals surface area contributed by atoms with E-state index in [1.54, 1.807) is 13.2 Å². The number of nitrogens with two attached hydrogens (primary N) is 1. The molecule has 1 aliphatic rings. The van der Waals surface area contributed by atoms with E-state index in [4.69, 9.17) is 19.7 Å². The predicted octanol–water partition coefficient (Wildman–Crippen LogP) is 2.52. The van der Waals surface area contributed by atoms with Gasteiger partial charge in [0.05, 0.1) is 12.7 Å². The van der Waals surface area contributed by atoms with E-state index in [9.17, 15) is 4.79 Å². The summed E-state index contributed by atoms with van der Waals surface area (Å²) in [5.74, 6) is 0.226. The number of rotatable bonds is 8.